The second-order valence-electron chi connectivity index (χ2n) is 27.7. The van der Waals surface area contributed by atoms with Crippen LogP contribution in [0.3, 0.4) is 0 Å². The highest BCUT2D eigenvalue weighted by atomic mass is 31.2. The van der Waals surface area contributed by atoms with Crippen LogP contribution in [-0.4, -0.2) is 96.7 Å². The van der Waals surface area contributed by atoms with E-state index in [2.05, 4.69) is 27.7 Å². The molecule has 0 saturated carbocycles. The molecule has 17 nitrogen and oxygen atoms in total. The van der Waals surface area contributed by atoms with Crippen molar-refractivity contribution < 1.29 is 80.2 Å². The molecule has 2 unspecified atom stereocenters. The van der Waals surface area contributed by atoms with Crippen LogP contribution in [0, 0.1) is 0 Å². The van der Waals surface area contributed by atoms with Gasteiger partial charge in [0.05, 0.1) is 26.4 Å². The highest BCUT2D eigenvalue weighted by Crippen LogP contribution is 2.45. The van der Waals surface area contributed by atoms with Crippen LogP contribution in [0.4, 0.5) is 0 Å². The minimum absolute atomic E-state index is 0.108. The van der Waals surface area contributed by atoms with Gasteiger partial charge in [0.1, 0.15) is 19.3 Å². The predicted molar refractivity (Wildman–Crippen MR) is 391 cm³/mol. The van der Waals surface area contributed by atoms with Gasteiger partial charge >= 0.3 is 39.5 Å². The lowest BCUT2D eigenvalue weighted by Gasteiger charge is -2.21. The molecule has 0 aromatic rings. The molecule has 3 N–H and O–H groups in total. The number of esters is 4. The quantitative estimate of drug-likeness (QED) is 0.0222. The Kier molecular flexibility index (Phi) is 70.0. The molecule has 0 fully saturated rings. The molecule has 0 heterocycles. The zero-order valence-corrected chi connectivity index (χ0v) is 64.1. The van der Waals surface area contributed by atoms with Crippen molar-refractivity contribution in [1.29, 1.82) is 0 Å². The first kappa shape index (κ1) is 94.1. The van der Waals surface area contributed by atoms with E-state index in [1.807, 2.05) is 0 Å². The second-order valence-corrected chi connectivity index (χ2v) is 30.7. The van der Waals surface area contributed by atoms with Crippen molar-refractivity contribution in [3.63, 3.8) is 0 Å². The molecule has 0 aromatic carbocycles. The van der Waals surface area contributed by atoms with E-state index in [9.17, 15) is 43.2 Å². The van der Waals surface area contributed by atoms with Crippen molar-refractivity contribution in [3.05, 3.63) is 0 Å². The van der Waals surface area contributed by atoms with Crippen molar-refractivity contribution >= 4 is 39.5 Å². The molecule has 0 aliphatic heterocycles. The van der Waals surface area contributed by atoms with Gasteiger partial charge in [-0.25, -0.2) is 9.13 Å². The van der Waals surface area contributed by atoms with Crippen molar-refractivity contribution in [3.8, 4) is 0 Å². The number of rotatable bonds is 78. The summed E-state index contributed by atoms with van der Waals surface area (Å²) in [7, 11) is -9.90. The summed E-state index contributed by atoms with van der Waals surface area (Å²) in [6, 6.07) is 0. The number of carbonyl (C=O) groups is 4. The fourth-order valence-electron chi connectivity index (χ4n) is 11.9. The van der Waals surface area contributed by atoms with Crippen LogP contribution in [-0.2, 0) is 65.4 Å². The molecule has 0 saturated heterocycles. The van der Waals surface area contributed by atoms with Gasteiger partial charge in [0.25, 0.3) is 0 Å². The summed E-state index contributed by atoms with van der Waals surface area (Å²) in [5.41, 5.74) is 0. The molecule has 0 rings (SSSR count). The Labute approximate surface area is 588 Å². The van der Waals surface area contributed by atoms with E-state index in [0.29, 0.717) is 25.7 Å². The van der Waals surface area contributed by atoms with E-state index in [4.69, 9.17) is 37.0 Å². The van der Waals surface area contributed by atoms with Gasteiger partial charge < -0.3 is 33.8 Å². The van der Waals surface area contributed by atoms with Gasteiger partial charge in [0.15, 0.2) is 12.2 Å². The van der Waals surface area contributed by atoms with Gasteiger partial charge in [-0.3, -0.25) is 37.3 Å². The van der Waals surface area contributed by atoms with E-state index in [0.717, 1.165) is 103 Å². The third-order valence-corrected chi connectivity index (χ3v) is 20.0. The van der Waals surface area contributed by atoms with Crippen LogP contribution in [0.5, 0.6) is 0 Å². The molecule has 0 aromatic heterocycles. The molecule has 96 heavy (non-hydrogen) atoms. The van der Waals surface area contributed by atoms with E-state index in [-0.39, 0.29) is 25.7 Å². The molecule has 0 radical (unpaired) electrons. The third kappa shape index (κ3) is 70.5. The molecular weight excluding hydrogens is 1260 g/mol. The SMILES string of the molecule is CCCCCCCCCCCCCCCCCCCCCCCC(=O)O[C@H](COC(=O)CCCCCCCCCCCCCCCCC)COP(=O)(O)OC[C@@H](O)COP(=O)(O)OC[C@@H](COC(=O)CCCCCCCCC)OC(=O)CCCCCCCCCCCCCCC. The Morgan fingerprint density at radius 3 is 0.615 bits per heavy atom. The Balaban J connectivity index is 5.16. The Morgan fingerprint density at radius 2 is 0.417 bits per heavy atom. The lowest BCUT2D eigenvalue weighted by Crippen LogP contribution is -2.30. The molecule has 0 spiro atoms. The van der Waals surface area contributed by atoms with Gasteiger partial charge in [0.2, 0.25) is 0 Å². The number of carbonyl (C=O) groups excluding carboxylic acids is 4. The lowest BCUT2D eigenvalue weighted by molar-refractivity contribution is -0.161. The molecule has 5 atom stereocenters. The van der Waals surface area contributed by atoms with Gasteiger partial charge in [0, 0.05) is 25.7 Å². The normalized spacial score (nSPS) is 13.9. The van der Waals surface area contributed by atoms with Crippen LogP contribution in [0.25, 0.3) is 0 Å². The first-order valence-corrected chi connectivity index (χ1v) is 43.3. The van der Waals surface area contributed by atoms with E-state index in [1.54, 1.807) is 0 Å². The summed E-state index contributed by atoms with van der Waals surface area (Å²) in [5, 5.41) is 10.6. The zero-order chi connectivity index (χ0) is 70.4. The van der Waals surface area contributed by atoms with E-state index >= 15 is 0 Å². The zero-order valence-electron chi connectivity index (χ0n) is 62.4. The first-order valence-electron chi connectivity index (χ1n) is 40.3. The Hall–Kier alpha value is -1.94. The largest absolute Gasteiger partial charge is 0.472 e. The minimum Gasteiger partial charge on any atom is -0.462 e. The number of unbranched alkanes of at least 4 members (excludes halogenated alkanes) is 52. The smallest absolute Gasteiger partial charge is 0.462 e. The van der Waals surface area contributed by atoms with E-state index < -0.39 is 97.5 Å². The fraction of sp³-hybridized carbons (Fsp3) is 0.948. The maximum absolute atomic E-state index is 13.1. The Bertz CT molecular complexity index is 1830. The van der Waals surface area contributed by atoms with Crippen molar-refractivity contribution in [1.82, 2.24) is 0 Å². The number of ether oxygens (including phenoxy) is 4. The monoisotopic (exact) mass is 1410 g/mol. The molecule has 0 amide bonds. The summed E-state index contributed by atoms with van der Waals surface area (Å²) in [5.74, 6) is -2.11. The lowest BCUT2D eigenvalue weighted by atomic mass is 10.0. The maximum atomic E-state index is 13.1. The molecule has 0 aliphatic carbocycles. The molecule has 0 bridgehead atoms. The summed E-state index contributed by atoms with van der Waals surface area (Å²) in [4.78, 5) is 72.7. The molecule has 570 valence electrons. The maximum Gasteiger partial charge on any atom is 0.472 e. The number of hydrogen-bond donors (Lipinski definition) is 3. The fourth-order valence-corrected chi connectivity index (χ4v) is 13.5. The van der Waals surface area contributed by atoms with Crippen LogP contribution >= 0.6 is 15.6 Å². The number of hydrogen-bond acceptors (Lipinski definition) is 15. The summed E-state index contributed by atoms with van der Waals surface area (Å²) in [6.45, 7) is 4.96. The summed E-state index contributed by atoms with van der Waals surface area (Å²) < 4.78 is 68.4. The van der Waals surface area contributed by atoms with Crippen molar-refractivity contribution in [2.24, 2.45) is 0 Å². The molecule has 19 heteroatoms. The van der Waals surface area contributed by atoms with Crippen molar-refractivity contribution in [2.75, 3.05) is 39.6 Å². The standard InChI is InChI=1S/C77H150O17P2/c1-5-9-13-17-21-24-27-30-32-33-34-35-36-37-39-42-45-48-52-56-60-64-77(82)94-73(68-88-75(80)62-58-54-50-46-43-41-38-31-28-25-22-18-14-10-6-2)70-92-96(85,86)90-66-71(78)65-89-95(83,84)91-69-72(67-87-74(79)61-57-53-49-20-16-12-8-4)93-76(81)63-59-55-51-47-44-40-29-26-23-19-15-11-7-3/h71-73,78H,5-70H2,1-4H3,(H,83,84)(H,85,86)/t71-,72+,73+/m0/s1. The van der Waals surface area contributed by atoms with Crippen LogP contribution in [0.15, 0.2) is 0 Å². The van der Waals surface area contributed by atoms with Crippen LogP contribution in [0.1, 0.15) is 413 Å². The average molecular weight is 1410 g/mol. The number of phosphoric acid groups is 2. The molecule has 0 aliphatic rings. The third-order valence-electron chi connectivity index (χ3n) is 18.1. The van der Waals surface area contributed by atoms with E-state index in [1.165, 1.54) is 231 Å². The molecular formula is C77H150O17P2. The number of phosphoric ester groups is 2. The van der Waals surface area contributed by atoms with Crippen LogP contribution < -0.4 is 0 Å². The van der Waals surface area contributed by atoms with Gasteiger partial charge in [-0.05, 0) is 25.7 Å². The second kappa shape index (κ2) is 71.5. The van der Waals surface area contributed by atoms with Gasteiger partial charge in [-0.1, -0.05) is 362 Å². The summed E-state index contributed by atoms with van der Waals surface area (Å²) >= 11 is 0. The van der Waals surface area contributed by atoms with Crippen LogP contribution in [0.2, 0.25) is 0 Å². The number of aliphatic hydroxyl groups is 1. The average Bonchev–Trinajstić information content (AvgIpc) is 2.21. The van der Waals surface area contributed by atoms with Gasteiger partial charge in [-0.15, -0.1) is 0 Å². The number of aliphatic hydroxyl groups excluding tert-OH is 1. The minimum atomic E-state index is -4.96. The topological polar surface area (TPSA) is 237 Å². The predicted octanol–water partition coefficient (Wildman–Crippen LogP) is 23.0. The summed E-state index contributed by atoms with van der Waals surface area (Å²) in [6.07, 6.45) is 62.6. The van der Waals surface area contributed by atoms with Crippen molar-refractivity contribution in [2.45, 2.75) is 431 Å². The first-order chi connectivity index (χ1) is 46.7. The van der Waals surface area contributed by atoms with Gasteiger partial charge in [-0.2, -0.15) is 0 Å². The highest BCUT2D eigenvalue weighted by molar-refractivity contribution is 7.47. The Morgan fingerprint density at radius 1 is 0.250 bits per heavy atom. The highest BCUT2D eigenvalue weighted by Gasteiger charge is 2.30.